The summed E-state index contributed by atoms with van der Waals surface area (Å²) in [6.45, 7) is 1.20. The lowest BCUT2D eigenvalue weighted by Crippen LogP contribution is -2.36. The highest BCUT2D eigenvalue weighted by Crippen LogP contribution is 2.18. The van der Waals surface area contributed by atoms with Crippen LogP contribution in [0.5, 0.6) is 0 Å². The second-order valence-electron chi connectivity index (χ2n) is 4.82. The van der Waals surface area contributed by atoms with Crippen LogP contribution in [0.25, 0.3) is 11.3 Å². The highest BCUT2D eigenvalue weighted by molar-refractivity contribution is 5.92. The molecule has 1 aliphatic heterocycles. The van der Waals surface area contributed by atoms with Crippen LogP contribution in [0.3, 0.4) is 0 Å². The number of carbonyl (C=O) groups excluding carboxylic acids is 1. The Balaban J connectivity index is 1.67. The Labute approximate surface area is 121 Å². The fraction of sp³-hybridized carbons (Fsp3) is 0.286. The molecule has 0 bridgehead atoms. The van der Waals surface area contributed by atoms with Gasteiger partial charge in [0.1, 0.15) is 5.69 Å². The zero-order valence-corrected chi connectivity index (χ0v) is 11.2. The third-order valence-corrected chi connectivity index (χ3v) is 3.37. The van der Waals surface area contributed by atoms with Crippen LogP contribution in [-0.2, 0) is 0 Å². The molecule has 0 saturated carbocycles. The largest absolute Gasteiger partial charge is 0.350 e. The number of hydrogen-bond acceptors (Lipinski definition) is 6. The van der Waals surface area contributed by atoms with Crippen LogP contribution in [0.1, 0.15) is 17.0 Å². The van der Waals surface area contributed by atoms with E-state index in [1.807, 2.05) is 0 Å². The van der Waals surface area contributed by atoms with Crippen LogP contribution in [0.2, 0.25) is 0 Å². The van der Waals surface area contributed by atoms with Gasteiger partial charge in [-0.3, -0.25) is 9.78 Å². The van der Waals surface area contributed by atoms with Gasteiger partial charge in [0.05, 0.1) is 0 Å². The van der Waals surface area contributed by atoms with Crippen LogP contribution in [0, 0.1) is 11.5 Å². The van der Waals surface area contributed by atoms with Crippen molar-refractivity contribution in [3.63, 3.8) is 0 Å². The Morgan fingerprint density at radius 2 is 2.29 bits per heavy atom. The van der Waals surface area contributed by atoms with Crippen LogP contribution in [-0.4, -0.2) is 40.1 Å². The lowest BCUT2D eigenvalue weighted by Gasteiger charge is -2.10. The molecule has 3 heterocycles. The highest BCUT2D eigenvalue weighted by atomic mass is 16.5. The maximum absolute atomic E-state index is 12.1. The smallest absolute Gasteiger partial charge is 0.290 e. The molecule has 1 saturated heterocycles. The molecule has 0 aromatic carbocycles. The van der Waals surface area contributed by atoms with E-state index in [0.717, 1.165) is 12.0 Å². The van der Waals surface area contributed by atoms with Gasteiger partial charge in [0.15, 0.2) is 6.19 Å². The lowest BCUT2D eigenvalue weighted by molar-refractivity contribution is 0.0901. The van der Waals surface area contributed by atoms with Crippen molar-refractivity contribution in [2.75, 3.05) is 13.1 Å². The molecule has 7 heteroatoms. The molecular weight excluding hydrogens is 270 g/mol. The van der Waals surface area contributed by atoms with Crippen molar-refractivity contribution in [1.82, 2.24) is 20.4 Å². The van der Waals surface area contributed by atoms with Gasteiger partial charge in [0.25, 0.3) is 5.91 Å². The monoisotopic (exact) mass is 283 g/mol. The molecule has 1 aliphatic rings. The first-order valence-corrected chi connectivity index (χ1v) is 6.59. The van der Waals surface area contributed by atoms with E-state index < -0.39 is 0 Å². The second kappa shape index (κ2) is 5.63. The molecular formula is C14H13N5O2. The lowest BCUT2D eigenvalue weighted by atomic mass is 10.2. The quantitative estimate of drug-likeness (QED) is 0.845. The SMILES string of the molecule is N#CN1CCC(NC(=O)c2cc(-c3ccncc3)no2)C1. The third kappa shape index (κ3) is 2.84. The van der Waals surface area contributed by atoms with Crippen LogP contribution >= 0.6 is 0 Å². The summed E-state index contributed by atoms with van der Waals surface area (Å²) in [5, 5.41) is 15.5. The molecule has 0 aliphatic carbocycles. The fourth-order valence-electron chi connectivity index (χ4n) is 2.27. The van der Waals surface area contributed by atoms with E-state index in [0.29, 0.717) is 18.8 Å². The molecule has 2 aromatic rings. The van der Waals surface area contributed by atoms with Crippen molar-refractivity contribution >= 4 is 5.91 Å². The number of aromatic nitrogens is 2. The van der Waals surface area contributed by atoms with Gasteiger partial charge < -0.3 is 14.7 Å². The summed E-state index contributed by atoms with van der Waals surface area (Å²) in [6, 6.07) is 5.15. The fourth-order valence-corrected chi connectivity index (χ4v) is 2.27. The molecule has 2 aromatic heterocycles. The van der Waals surface area contributed by atoms with Crippen LogP contribution in [0.15, 0.2) is 35.1 Å². The average Bonchev–Trinajstić information content (AvgIpc) is 3.17. The molecule has 1 N–H and O–H groups in total. The van der Waals surface area contributed by atoms with Crippen molar-refractivity contribution in [3.05, 3.63) is 36.4 Å². The van der Waals surface area contributed by atoms with E-state index >= 15 is 0 Å². The van der Waals surface area contributed by atoms with E-state index in [1.54, 1.807) is 35.5 Å². The van der Waals surface area contributed by atoms with Gasteiger partial charge in [-0.2, -0.15) is 5.26 Å². The molecule has 21 heavy (non-hydrogen) atoms. The molecule has 7 nitrogen and oxygen atoms in total. The maximum Gasteiger partial charge on any atom is 0.290 e. The summed E-state index contributed by atoms with van der Waals surface area (Å²) in [4.78, 5) is 17.6. The van der Waals surface area contributed by atoms with Gasteiger partial charge in [-0.05, 0) is 18.6 Å². The Kier molecular flexibility index (Phi) is 3.51. The zero-order valence-electron chi connectivity index (χ0n) is 11.2. The predicted octanol–water partition coefficient (Wildman–Crippen LogP) is 1.02. The predicted molar refractivity (Wildman–Crippen MR) is 72.8 cm³/mol. The van der Waals surface area contributed by atoms with Crippen molar-refractivity contribution in [2.45, 2.75) is 12.5 Å². The average molecular weight is 283 g/mol. The molecule has 1 atom stereocenters. The Morgan fingerprint density at radius 3 is 3.00 bits per heavy atom. The van der Waals surface area contributed by atoms with Gasteiger partial charge in [-0.25, -0.2) is 0 Å². The number of carbonyl (C=O) groups is 1. The first-order chi connectivity index (χ1) is 10.3. The second-order valence-corrected chi connectivity index (χ2v) is 4.82. The van der Waals surface area contributed by atoms with Crippen LogP contribution in [0.4, 0.5) is 0 Å². The molecule has 1 amide bonds. The number of hydrogen-bond donors (Lipinski definition) is 1. The van der Waals surface area contributed by atoms with E-state index in [1.165, 1.54) is 0 Å². The van der Waals surface area contributed by atoms with Gasteiger partial charge in [0.2, 0.25) is 5.76 Å². The van der Waals surface area contributed by atoms with Crippen molar-refractivity contribution in [1.29, 1.82) is 5.26 Å². The van der Waals surface area contributed by atoms with E-state index in [-0.39, 0.29) is 17.7 Å². The summed E-state index contributed by atoms with van der Waals surface area (Å²) in [5.41, 5.74) is 1.43. The minimum atomic E-state index is -0.312. The Bertz CT molecular complexity index is 676. The summed E-state index contributed by atoms with van der Waals surface area (Å²) in [6.07, 6.45) is 6.13. The minimum absolute atomic E-state index is 0.0355. The zero-order chi connectivity index (χ0) is 14.7. The summed E-state index contributed by atoms with van der Waals surface area (Å²) < 4.78 is 5.08. The summed E-state index contributed by atoms with van der Waals surface area (Å²) in [5.74, 6) is -0.148. The highest BCUT2D eigenvalue weighted by Gasteiger charge is 2.25. The number of nitrogens with zero attached hydrogens (tertiary/aromatic N) is 4. The van der Waals surface area contributed by atoms with Crippen molar-refractivity contribution in [2.24, 2.45) is 0 Å². The maximum atomic E-state index is 12.1. The minimum Gasteiger partial charge on any atom is -0.350 e. The molecule has 1 fully saturated rings. The van der Waals surface area contributed by atoms with E-state index in [9.17, 15) is 4.79 Å². The van der Waals surface area contributed by atoms with Crippen molar-refractivity contribution in [3.8, 4) is 17.5 Å². The van der Waals surface area contributed by atoms with E-state index in [2.05, 4.69) is 21.7 Å². The van der Waals surface area contributed by atoms with Gasteiger partial charge in [-0.1, -0.05) is 5.16 Å². The molecule has 1 unspecified atom stereocenters. The van der Waals surface area contributed by atoms with Gasteiger partial charge in [-0.15, -0.1) is 0 Å². The summed E-state index contributed by atoms with van der Waals surface area (Å²) >= 11 is 0. The summed E-state index contributed by atoms with van der Waals surface area (Å²) in [7, 11) is 0. The number of likely N-dealkylation sites (tertiary alicyclic amines) is 1. The number of rotatable bonds is 3. The number of nitriles is 1. The van der Waals surface area contributed by atoms with Crippen LogP contribution < -0.4 is 5.32 Å². The Hall–Kier alpha value is -2.88. The molecule has 3 rings (SSSR count). The Morgan fingerprint density at radius 1 is 1.48 bits per heavy atom. The van der Waals surface area contributed by atoms with E-state index in [4.69, 9.17) is 9.78 Å². The third-order valence-electron chi connectivity index (χ3n) is 3.37. The topological polar surface area (TPSA) is 95.1 Å². The standard InChI is InChI=1S/C14H13N5O2/c15-9-19-6-3-11(8-19)17-14(20)13-7-12(18-21-13)10-1-4-16-5-2-10/h1-2,4-5,7,11H,3,6,8H2,(H,17,20). The number of nitrogens with one attached hydrogen (secondary N) is 1. The van der Waals surface area contributed by atoms with Crippen molar-refractivity contribution < 1.29 is 9.32 Å². The first-order valence-electron chi connectivity index (χ1n) is 6.59. The normalized spacial score (nSPS) is 17.5. The molecule has 0 radical (unpaired) electrons. The van der Waals surface area contributed by atoms with Gasteiger partial charge >= 0.3 is 0 Å². The number of amides is 1. The van der Waals surface area contributed by atoms with Gasteiger partial charge in [0, 0.05) is 43.2 Å². The molecule has 0 spiro atoms. The number of pyridine rings is 1. The molecule has 106 valence electrons. The first kappa shape index (κ1) is 13.1.